The maximum atomic E-state index is 13.6. The number of rotatable bonds is 6. The Labute approximate surface area is 199 Å². The molecule has 4 nitrogen and oxygen atoms in total. The summed E-state index contributed by atoms with van der Waals surface area (Å²) in [6.07, 6.45) is 2.77. The minimum atomic E-state index is -0.199. The quantitative estimate of drug-likeness (QED) is 0.335. The summed E-state index contributed by atoms with van der Waals surface area (Å²) in [7, 11) is 0. The van der Waals surface area contributed by atoms with Gasteiger partial charge in [0, 0.05) is 23.4 Å². The van der Waals surface area contributed by atoms with Crippen molar-refractivity contribution >= 4 is 23.4 Å². The predicted molar refractivity (Wildman–Crippen MR) is 137 cm³/mol. The molecule has 0 saturated heterocycles. The molecule has 0 fully saturated rings. The number of para-hydroxylation sites is 1. The summed E-state index contributed by atoms with van der Waals surface area (Å²) in [6, 6.07) is 28.7. The fourth-order valence-corrected chi connectivity index (χ4v) is 5.37. The van der Waals surface area contributed by atoms with Crippen molar-refractivity contribution in [3.05, 3.63) is 90.5 Å². The van der Waals surface area contributed by atoms with Crippen LogP contribution >= 0.6 is 11.8 Å². The van der Waals surface area contributed by atoms with Crippen LogP contribution in [0, 0.1) is 0 Å². The summed E-state index contributed by atoms with van der Waals surface area (Å²) >= 11 is 1.53. The van der Waals surface area contributed by atoms with Gasteiger partial charge in [0.05, 0.1) is 16.6 Å². The van der Waals surface area contributed by atoms with Crippen LogP contribution in [0.15, 0.2) is 90.1 Å². The summed E-state index contributed by atoms with van der Waals surface area (Å²) in [6.45, 7) is 2.85. The number of fused-ring (bicyclic) bond motifs is 1. The number of aromatic amines is 1. The van der Waals surface area contributed by atoms with E-state index in [1.807, 2.05) is 47.4 Å². The first kappa shape index (κ1) is 21.5. The number of imidazole rings is 1. The normalized spacial score (nSPS) is 14.0. The number of anilines is 1. The van der Waals surface area contributed by atoms with Gasteiger partial charge < -0.3 is 9.88 Å². The molecule has 0 bridgehead atoms. The second-order valence-corrected chi connectivity index (χ2v) is 9.43. The molecule has 0 aliphatic carbocycles. The van der Waals surface area contributed by atoms with E-state index < -0.39 is 0 Å². The average Bonchev–Trinajstić information content (AvgIpc) is 3.31. The van der Waals surface area contributed by atoms with Gasteiger partial charge in [-0.05, 0) is 30.9 Å². The van der Waals surface area contributed by atoms with E-state index in [2.05, 4.69) is 54.4 Å². The number of H-pyrrole nitrogens is 1. The number of carbonyl (C=O) groups is 1. The van der Waals surface area contributed by atoms with Gasteiger partial charge in [-0.3, -0.25) is 4.79 Å². The minimum Gasteiger partial charge on any atom is -0.332 e. The molecule has 33 heavy (non-hydrogen) atoms. The number of carbonyl (C=O) groups excluding carboxylic acids is 1. The van der Waals surface area contributed by atoms with Crippen molar-refractivity contribution in [1.82, 2.24) is 9.97 Å². The first-order chi connectivity index (χ1) is 16.2. The van der Waals surface area contributed by atoms with Crippen molar-refractivity contribution < 1.29 is 4.79 Å². The number of benzene rings is 3. The van der Waals surface area contributed by atoms with Crippen LogP contribution in [0.25, 0.3) is 22.5 Å². The molecule has 0 spiro atoms. The minimum absolute atomic E-state index is 0.161. The van der Waals surface area contributed by atoms with Crippen molar-refractivity contribution in [1.29, 1.82) is 0 Å². The van der Waals surface area contributed by atoms with Gasteiger partial charge in [0.25, 0.3) is 0 Å². The second-order valence-electron chi connectivity index (χ2n) is 8.23. The van der Waals surface area contributed by atoms with Crippen LogP contribution in [0.2, 0.25) is 0 Å². The van der Waals surface area contributed by atoms with Gasteiger partial charge in [0.15, 0.2) is 5.16 Å². The summed E-state index contributed by atoms with van der Waals surface area (Å²) in [4.78, 5) is 24.0. The number of nitrogens with one attached hydrogen (secondary N) is 1. The fourth-order valence-electron chi connectivity index (χ4n) is 4.41. The third-order valence-corrected chi connectivity index (χ3v) is 7.30. The molecule has 5 rings (SSSR count). The van der Waals surface area contributed by atoms with E-state index in [1.165, 1.54) is 17.3 Å². The Kier molecular flexibility index (Phi) is 6.31. The fraction of sp³-hybridized carbons (Fsp3) is 0.214. The SMILES string of the molecule is CCC(Sc1nc(-c2ccccc2)c(-c2ccccc2)[nH]1)C(=O)N1CCCc2ccccc21. The lowest BCUT2D eigenvalue weighted by molar-refractivity contribution is -0.118. The van der Waals surface area contributed by atoms with Gasteiger partial charge in [-0.1, -0.05) is 97.5 Å². The van der Waals surface area contributed by atoms with Crippen LogP contribution in [0.1, 0.15) is 25.3 Å². The maximum Gasteiger partial charge on any atom is 0.240 e. The monoisotopic (exact) mass is 453 g/mol. The van der Waals surface area contributed by atoms with Crippen molar-refractivity contribution in [2.45, 2.75) is 36.6 Å². The summed E-state index contributed by atoms with van der Waals surface area (Å²) < 4.78 is 0. The highest BCUT2D eigenvalue weighted by molar-refractivity contribution is 8.00. The van der Waals surface area contributed by atoms with Crippen LogP contribution in [-0.2, 0) is 11.2 Å². The van der Waals surface area contributed by atoms with E-state index >= 15 is 0 Å². The maximum absolute atomic E-state index is 13.6. The van der Waals surface area contributed by atoms with E-state index in [9.17, 15) is 4.79 Å². The summed E-state index contributed by atoms with van der Waals surface area (Å²) in [5.74, 6) is 0.161. The van der Waals surface area contributed by atoms with Crippen molar-refractivity contribution in [2.24, 2.45) is 0 Å². The van der Waals surface area contributed by atoms with Crippen molar-refractivity contribution in [2.75, 3.05) is 11.4 Å². The Balaban J connectivity index is 1.46. The molecule has 2 heterocycles. The molecule has 5 heteroatoms. The first-order valence-corrected chi connectivity index (χ1v) is 12.4. The van der Waals surface area contributed by atoms with Crippen LogP contribution in [0.4, 0.5) is 5.69 Å². The molecular weight excluding hydrogens is 426 g/mol. The number of aryl methyl sites for hydroxylation is 1. The lowest BCUT2D eigenvalue weighted by Gasteiger charge is -2.31. The standard InChI is InChI=1S/C28H27N3OS/c1-2-24(27(32)31-19-11-17-20-12-9-10-18-23(20)31)33-28-29-25(21-13-5-3-6-14-21)26(30-28)22-15-7-4-8-16-22/h3-10,12-16,18,24H,2,11,17,19H2,1H3,(H,29,30). The topological polar surface area (TPSA) is 49.0 Å². The second kappa shape index (κ2) is 9.67. The predicted octanol–water partition coefficient (Wildman–Crippen LogP) is 6.59. The largest absolute Gasteiger partial charge is 0.332 e. The number of nitrogens with zero attached hydrogens (tertiary/aromatic N) is 2. The van der Waals surface area contributed by atoms with E-state index in [1.54, 1.807) is 0 Å². The molecule has 1 aliphatic heterocycles. The molecule has 0 saturated carbocycles. The lowest BCUT2D eigenvalue weighted by atomic mass is 10.0. The van der Waals surface area contributed by atoms with E-state index in [-0.39, 0.29) is 11.2 Å². The van der Waals surface area contributed by atoms with E-state index in [0.717, 1.165) is 59.2 Å². The van der Waals surface area contributed by atoms with Crippen molar-refractivity contribution in [3.63, 3.8) is 0 Å². The molecule has 1 aromatic heterocycles. The third kappa shape index (κ3) is 4.46. The average molecular weight is 454 g/mol. The number of hydrogen-bond donors (Lipinski definition) is 1. The molecule has 1 unspecified atom stereocenters. The number of amides is 1. The molecular formula is C28H27N3OS. The van der Waals surface area contributed by atoms with Gasteiger partial charge >= 0.3 is 0 Å². The molecule has 1 amide bonds. The molecule has 1 N–H and O–H groups in total. The van der Waals surface area contributed by atoms with Crippen LogP contribution in [0.3, 0.4) is 0 Å². The summed E-state index contributed by atoms with van der Waals surface area (Å²) in [5, 5.41) is 0.577. The van der Waals surface area contributed by atoms with Gasteiger partial charge in [0.2, 0.25) is 5.91 Å². The third-order valence-electron chi connectivity index (χ3n) is 6.07. The Bertz CT molecular complexity index is 1180. The number of thioether (sulfide) groups is 1. The molecule has 166 valence electrons. The Morgan fingerprint density at radius 1 is 0.970 bits per heavy atom. The first-order valence-electron chi connectivity index (χ1n) is 11.5. The van der Waals surface area contributed by atoms with Crippen molar-refractivity contribution in [3.8, 4) is 22.5 Å². The molecule has 1 aliphatic rings. The zero-order chi connectivity index (χ0) is 22.6. The Morgan fingerprint density at radius 3 is 2.36 bits per heavy atom. The smallest absolute Gasteiger partial charge is 0.240 e. The lowest BCUT2D eigenvalue weighted by Crippen LogP contribution is -2.40. The van der Waals surface area contributed by atoms with Gasteiger partial charge in [0.1, 0.15) is 0 Å². The highest BCUT2D eigenvalue weighted by Gasteiger charge is 2.29. The molecule has 3 aromatic carbocycles. The van der Waals surface area contributed by atoms with Gasteiger partial charge in [-0.15, -0.1) is 0 Å². The highest BCUT2D eigenvalue weighted by atomic mass is 32.2. The molecule has 4 aromatic rings. The van der Waals surface area contributed by atoms with E-state index in [4.69, 9.17) is 4.98 Å². The number of aromatic nitrogens is 2. The zero-order valence-corrected chi connectivity index (χ0v) is 19.5. The van der Waals surface area contributed by atoms with Gasteiger partial charge in [-0.25, -0.2) is 4.98 Å². The molecule has 0 radical (unpaired) electrons. The van der Waals surface area contributed by atoms with Crippen LogP contribution in [-0.4, -0.2) is 27.7 Å². The molecule has 1 atom stereocenters. The number of hydrogen-bond acceptors (Lipinski definition) is 3. The highest BCUT2D eigenvalue weighted by Crippen LogP contribution is 2.36. The Morgan fingerprint density at radius 2 is 1.64 bits per heavy atom. The summed E-state index contributed by atoms with van der Waals surface area (Å²) in [5.41, 5.74) is 6.35. The Hall–Kier alpha value is -3.31. The van der Waals surface area contributed by atoms with Crippen LogP contribution in [0.5, 0.6) is 0 Å². The van der Waals surface area contributed by atoms with Crippen LogP contribution < -0.4 is 4.90 Å². The van der Waals surface area contributed by atoms with E-state index in [0.29, 0.717) is 0 Å². The van der Waals surface area contributed by atoms with Gasteiger partial charge in [-0.2, -0.15) is 0 Å². The zero-order valence-electron chi connectivity index (χ0n) is 18.7.